The summed E-state index contributed by atoms with van der Waals surface area (Å²) >= 11 is 0. The predicted octanol–water partition coefficient (Wildman–Crippen LogP) is 3.17. The first-order valence-corrected chi connectivity index (χ1v) is 6.84. The first-order valence-electron chi connectivity index (χ1n) is 6.84. The van der Waals surface area contributed by atoms with Gasteiger partial charge in [0.1, 0.15) is 5.82 Å². The summed E-state index contributed by atoms with van der Waals surface area (Å²) in [5.74, 6) is 0.217. The number of halogens is 1. The molecule has 3 rings (SSSR count). The third kappa shape index (κ3) is 2.17. The summed E-state index contributed by atoms with van der Waals surface area (Å²) < 4.78 is 19.2. The van der Waals surface area contributed by atoms with Gasteiger partial charge < -0.3 is 10.5 Å². The number of hydrogen-bond donors (Lipinski definition) is 1. The van der Waals surface area contributed by atoms with Crippen molar-refractivity contribution in [2.75, 3.05) is 6.61 Å². The van der Waals surface area contributed by atoms with Crippen molar-refractivity contribution in [2.45, 2.75) is 43.7 Å². The molecular weight excluding hydrogens is 229 g/mol. The van der Waals surface area contributed by atoms with E-state index in [-0.39, 0.29) is 17.5 Å². The maximum Gasteiger partial charge on any atom is 0.123 e. The van der Waals surface area contributed by atoms with Crippen LogP contribution in [0.3, 0.4) is 0 Å². The Balaban J connectivity index is 1.73. The molecule has 0 radical (unpaired) electrons. The largest absolute Gasteiger partial charge is 0.375 e. The van der Waals surface area contributed by atoms with E-state index in [0.717, 1.165) is 25.0 Å². The summed E-state index contributed by atoms with van der Waals surface area (Å²) in [6.45, 7) is 0.799. The minimum absolute atomic E-state index is 0.0675. The molecule has 2 N–H and O–H groups in total. The van der Waals surface area contributed by atoms with Gasteiger partial charge in [-0.05, 0) is 55.7 Å². The van der Waals surface area contributed by atoms with Crippen molar-refractivity contribution in [3.63, 3.8) is 0 Å². The van der Waals surface area contributed by atoms with Gasteiger partial charge in [0.2, 0.25) is 0 Å². The van der Waals surface area contributed by atoms with Gasteiger partial charge in [0.25, 0.3) is 0 Å². The van der Waals surface area contributed by atoms with Gasteiger partial charge in [-0.25, -0.2) is 4.39 Å². The quantitative estimate of drug-likeness (QED) is 0.873. The summed E-state index contributed by atoms with van der Waals surface area (Å²) in [6, 6.07) is 6.63. The highest BCUT2D eigenvalue weighted by molar-refractivity contribution is 5.21. The molecule has 0 amide bonds. The molecule has 2 aliphatic rings. The van der Waals surface area contributed by atoms with Gasteiger partial charge in [-0.3, -0.25) is 0 Å². The van der Waals surface area contributed by atoms with Crippen LogP contribution in [0.2, 0.25) is 0 Å². The summed E-state index contributed by atoms with van der Waals surface area (Å²) in [4.78, 5) is 0. The fourth-order valence-electron chi connectivity index (χ4n) is 3.28. The molecule has 1 aromatic rings. The molecule has 1 spiro atoms. The van der Waals surface area contributed by atoms with Gasteiger partial charge in [0, 0.05) is 12.6 Å². The maximum absolute atomic E-state index is 13.2. The molecule has 1 aromatic carbocycles. The molecule has 2 nitrogen and oxygen atoms in total. The van der Waals surface area contributed by atoms with Gasteiger partial charge >= 0.3 is 0 Å². The molecule has 1 heterocycles. The van der Waals surface area contributed by atoms with Crippen molar-refractivity contribution >= 4 is 0 Å². The lowest BCUT2D eigenvalue weighted by molar-refractivity contribution is -0.146. The number of ether oxygens (including phenoxy) is 1. The average Bonchev–Trinajstić information content (AvgIpc) is 2.36. The fourth-order valence-corrected chi connectivity index (χ4v) is 3.28. The second-order valence-electron chi connectivity index (χ2n) is 5.72. The van der Waals surface area contributed by atoms with Crippen LogP contribution in [0.25, 0.3) is 0 Å². The van der Waals surface area contributed by atoms with E-state index in [2.05, 4.69) is 0 Å². The van der Waals surface area contributed by atoms with Crippen molar-refractivity contribution in [3.8, 4) is 0 Å². The second-order valence-corrected chi connectivity index (χ2v) is 5.72. The first-order chi connectivity index (χ1) is 8.69. The summed E-state index contributed by atoms with van der Waals surface area (Å²) in [7, 11) is 0. The smallest absolute Gasteiger partial charge is 0.123 e. The van der Waals surface area contributed by atoms with Crippen LogP contribution in [0, 0.1) is 11.7 Å². The zero-order valence-corrected chi connectivity index (χ0v) is 10.6. The molecule has 0 aromatic heterocycles. The topological polar surface area (TPSA) is 35.2 Å². The van der Waals surface area contributed by atoms with Crippen LogP contribution < -0.4 is 5.73 Å². The van der Waals surface area contributed by atoms with Crippen LogP contribution >= 0.6 is 0 Å². The zero-order valence-electron chi connectivity index (χ0n) is 10.6. The normalized spacial score (nSPS) is 27.8. The first kappa shape index (κ1) is 12.1. The summed E-state index contributed by atoms with van der Waals surface area (Å²) in [6.07, 6.45) is 5.62. The van der Waals surface area contributed by atoms with E-state index in [1.165, 1.54) is 25.3 Å². The molecule has 18 heavy (non-hydrogen) atoms. The standard InChI is InChI=1S/C15H20FNO/c16-13-4-1-3-11(9-13)14(17)12-5-8-18-15(10-12)6-2-7-15/h1,3-4,9,12,14H,2,5-8,10,17H2. The van der Waals surface area contributed by atoms with Crippen LogP contribution in [-0.2, 0) is 4.74 Å². The third-order valence-corrected chi connectivity index (χ3v) is 4.54. The van der Waals surface area contributed by atoms with Crippen LogP contribution in [-0.4, -0.2) is 12.2 Å². The lowest BCUT2D eigenvalue weighted by Crippen LogP contribution is -2.47. The molecule has 2 unspecified atom stereocenters. The third-order valence-electron chi connectivity index (χ3n) is 4.54. The minimum atomic E-state index is -0.201. The van der Waals surface area contributed by atoms with Gasteiger partial charge in [0.15, 0.2) is 0 Å². The van der Waals surface area contributed by atoms with Crippen LogP contribution in [0.15, 0.2) is 24.3 Å². The number of hydrogen-bond acceptors (Lipinski definition) is 2. The second kappa shape index (κ2) is 4.63. The van der Waals surface area contributed by atoms with Gasteiger partial charge in [0.05, 0.1) is 5.60 Å². The average molecular weight is 249 g/mol. The Hall–Kier alpha value is -0.930. The molecule has 1 saturated carbocycles. The van der Waals surface area contributed by atoms with E-state index in [4.69, 9.17) is 10.5 Å². The molecule has 2 fully saturated rings. The van der Waals surface area contributed by atoms with E-state index < -0.39 is 0 Å². The number of rotatable bonds is 2. The highest BCUT2D eigenvalue weighted by Crippen LogP contribution is 2.46. The van der Waals surface area contributed by atoms with Gasteiger partial charge in [-0.15, -0.1) is 0 Å². The van der Waals surface area contributed by atoms with E-state index in [0.29, 0.717) is 5.92 Å². The molecule has 3 heteroatoms. The molecule has 2 atom stereocenters. The van der Waals surface area contributed by atoms with Crippen molar-refractivity contribution in [3.05, 3.63) is 35.6 Å². The van der Waals surface area contributed by atoms with Crippen molar-refractivity contribution in [1.82, 2.24) is 0 Å². The van der Waals surface area contributed by atoms with Crippen molar-refractivity contribution < 1.29 is 9.13 Å². The van der Waals surface area contributed by atoms with Crippen LogP contribution in [0.1, 0.15) is 43.7 Å². The maximum atomic E-state index is 13.2. The Bertz CT molecular complexity index is 430. The Labute approximate surface area is 107 Å². The Morgan fingerprint density at radius 2 is 2.22 bits per heavy atom. The summed E-state index contributed by atoms with van der Waals surface area (Å²) in [5, 5.41) is 0. The predicted molar refractivity (Wildman–Crippen MR) is 68.6 cm³/mol. The molecule has 1 saturated heterocycles. The van der Waals surface area contributed by atoms with Crippen molar-refractivity contribution in [2.24, 2.45) is 11.7 Å². The van der Waals surface area contributed by atoms with E-state index in [9.17, 15) is 4.39 Å². The van der Waals surface area contributed by atoms with Crippen LogP contribution in [0.4, 0.5) is 4.39 Å². The Morgan fingerprint density at radius 1 is 1.39 bits per heavy atom. The number of nitrogens with two attached hydrogens (primary N) is 1. The highest BCUT2D eigenvalue weighted by atomic mass is 19.1. The summed E-state index contributed by atoms with van der Waals surface area (Å²) in [5.41, 5.74) is 7.33. The Morgan fingerprint density at radius 3 is 2.89 bits per heavy atom. The molecule has 1 aliphatic heterocycles. The lowest BCUT2D eigenvalue weighted by Gasteiger charge is -2.48. The molecular formula is C15H20FNO. The SMILES string of the molecule is NC(c1cccc(F)c1)C1CCOC2(CCC2)C1. The monoisotopic (exact) mass is 249 g/mol. The molecule has 1 aliphatic carbocycles. The van der Waals surface area contributed by atoms with Gasteiger partial charge in [-0.2, -0.15) is 0 Å². The zero-order chi connectivity index (χ0) is 12.6. The van der Waals surface area contributed by atoms with E-state index in [1.807, 2.05) is 6.07 Å². The lowest BCUT2D eigenvalue weighted by atomic mass is 9.70. The number of benzene rings is 1. The van der Waals surface area contributed by atoms with E-state index >= 15 is 0 Å². The van der Waals surface area contributed by atoms with E-state index in [1.54, 1.807) is 12.1 Å². The highest BCUT2D eigenvalue weighted by Gasteiger charge is 2.43. The Kier molecular flexibility index (Phi) is 3.12. The molecule has 0 bridgehead atoms. The molecule has 98 valence electrons. The van der Waals surface area contributed by atoms with Crippen LogP contribution in [0.5, 0.6) is 0 Å². The van der Waals surface area contributed by atoms with Gasteiger partial charge in [-0.1, -0.05) is 12.1 Å². The van der Waals surface area contributed by atoms with Crippen molar-refractivity contribution in [1.29, 1.82) is 0 Å². The minimum Gasteiger partial charge on any atom is -0.375 e. The fraction of sp³-hybridized carbons (Fsp3) is 0.600.